The standard InChI is InChI=1S/C14H20N2O4/c1-10(9-20-2)16-14(19)15-8-7-11-5-3-4-6-12(11)13(17)18/h3-6,10H,7-9H2,1-2H3,(H,17,18)(H2,15,16,19). The summed E-state index contributed by atoms with van der Waals surface area (Å²) in [4.78, 5) is 22.6. The number of amides is 2. The van der Waals surface area contributed by atoms with Gasteiger partial charge in [0.05, 0.1) is 18.2 Å². The molecule has 0 aliphatic heterocycles. The fourth-order valence-corrected chi connectivity index (χ4v) is 1.82. The molecule has 1 aromatic carbocycles. The number of carbonyl (C=O) groups is 2. The maximum atomic E-state index is 11.5. The van der Waals surface area contributed by atoms with Crippen molar-refractivity contribution in [2.75, 3.05) is 20.3 Å². The average Bonchev–Trinajstić information content (AvgIpc) is 2.39. The molecule has 3 N–H and O–H groups in total. The quantitative estimate of drug-likeness (QED) is 0.701. The molecule has 1 rings (SSSR count). The van der Waals surface area contributed by atoms with Crippen LogP contribution in [0.5, 0.6) is 0 Å². The van der Waals surface area contributed by atoms with Gasteiger partial charge in [-0.3, -0.25) is 0 Å². The lowest BCUT2D eigenvalue weighted by atomic mass is 10.0. The van der Waals surface area contributed by atoms with Crippen LogP contribution < -0.4 is 10.6 Å². The molecule has 1 aromatic rings. The Morgan fingerprint density at radius 3 is 2.70 bits per heavy atom. The molecule has 0 aromatic heterocycles. The Labute approximate surface area is 118 Å². The van der Waals surface area contributed by atoms with E-state index in [1.807, 2.05) is 6.92 Å². The SMILES string of the molecule is COCC(C)NC(=O)NCCc1ccccc1C(=O)O. The lowest BCUT2D eigenvalue weighted by Gasteiger charge is -2.13. The first kappa shape index (κ1) is 16.0. The molecule has 0 bridgehead atoms. The van der Waals surface area contributed by atoms with Crippen LogP contribution in [0.1, 0.15) is 22.8 Å². The Hall–Kier alpha value is -2.08. The zero-order valence-electron chi connectivity index (χ0n) is 11.7. The average molecular weight is 280 g/mol. The van der Waals surface area contributed by atoms with Crippen LogP contribution in [0.3, 0.4) is 0 Å². The molecule has 0 radical (unpaired) electrons. The molecule has 0 aliphatic carbocycles. The first-order valence-corrected chi connectivity index (χ1v) is 6.39. The van der Waals surface area contributed by atoms with Gasteiger partial charge >= 0.3 is 12.0 Å². The van der Waals surface area contributed by atoms with Crippen LogP contribution in [0.25, 0.3) is 0 Å². The van der Waals surface area contributed by atoms with E-state index in [1.54, 1.807) is 31.4 Å². The summed E-state index contributed by atoms with van der Waals surface area (Å²) in [5.41, 5.74) is 0.965. The van der Waals surface area contributed by atoms with Gasteiger partial charge in [-0.05, 0) is 25.0 Å². The second kappa shape index (κ2) is 8.16. The lowest BCUT2D eigenvalue weighted by molar-refractivity contribution is 0.0695. The molecule has 2 amide bonds. The van der Waals surface area contributed by atoms with Crippen molar-refractivity contribution in [3.8, 4) is 0 Å². The number of hydrogen-bond donors (Lipinski definition) is 3. The van der Waals surface area contributed by atoms with Crippen molar-refractivity contribution >= 4 is 12.0 Å². The zero-order chi connectivity index (χ0) is 15.0. The van der Waals surface area contributed by atoms with E-state index in [2.05, 4.69) is 10.6 Å². The fraction of sp³-hybridized carbons (Fsp3) is 0.429. The summed E-state index contributed by atoms with van der Waals surface area (Å²) in [6.07, 6.45) is 0.467. The van der Waals surface area contributed by atoms with Gasteiger partial charge in [0.1, 0.15) is 0 Å². The van der Waals surface area contributed by atoms with Crippen LogP contribution in [-0.2, 0) is 11.2 Å². The van der Waals surface area contributed by atoms with E-state index in [-0.39, 0.29) is 17.6 Å². The van der Waals surface area contributed by atoms with Crippen molar-refractivity contribution in [2.45, 2.75) is 19.4 Å². The molecule has 0 aliphatic rings. The topological polar surface area (TPSA) is 87.7 Å². The first-order valence-electron chi connectivity index (χ1n) is 6.39. The van der Waals surface area contributed by atoms with E-state index >= 15 is 0 Å². The zero-order valence-corrected chi connectivity index (χ0v) is 11.7. The number of carbonyl (C=O) groups excluding carboxylic acids is 1. The summed E-state index contributed by atoms with van der Waals surface area (Å²) in [5.74, 6) is -0.959. The normalized spacial score (nSPS) is 11.7. The van der Waals surface area contributed by atoms with Crippen molar-refractivity contribution in [3.05, 3.63) is 35.4 Å². The number of carboxylic acid groups (broad SMARTS) is 1. The summed E-state index contributed by atoms with van der Waals surface area (Å²) in [6.45, 7) is 2.65. The Balaban J connectivity index is 2.41. The molecule has 20 heavy (non-hydrogen) atoms. The van der Waals surface area contributed by atoms with E-state index in [9.17, 15) is 9.59 Å². The third-order valence-electron chi connectivity index (χ3n) is 2.72. The highest BCUT2D eigenvalue weighted by molar-refractivity contribution is 5.89. The molecule has 0 saturated heterocycles. The van der Waals surface area contributed by atoms with Crippen molar-refractivity contribution in [1.82, 2.24) is 10.6 Å². The summed E-state index contributed by atoms with van der Waals surface area (Å²) in [6, 6.07) is 6.39. The molecule has 6 nitrogen and oxygen atoms in total. The van der Waals surface area contributed by atoms with Gasteiger partial charge in [0, 0.05) is 13.7 Å². The van der Waals surface area contributed by atoms with E-state index in [0.29, 0.717) is 25.1 Å². The molecule has 6 heteroatoms. The highest BCUT2D eigenvalue weighted by atomic mass is 16.5. The minimum atomic E-state index is -0.959. The molecular weight excluding hydrogens is 260 g/mol. The van der Waals surface area contributed by atoms with E-state index < -0.39 is 5.97 Å². The number of urea groups is 1. The van der Waals surface area contributed by atoms with Crippen LogP contribution in [0.15, 0.2) is 24.3 Å². The van der Waals surface area contributed by atoms with Gasteiger partial charge in [0.15, 0.2) is 0 Å². The third-order valence-corrected chi connectivity index (χ3v) is 2.72. The van der Waals surface area contributed by atoms with Gasteiger partial charge in [-0.15, -0.1) is 0 Å². The number of nitrogens with one attached hydrogen (secondary N) is 2. The number of rotatable bonds is 7. The molecule has 110 valence electrons. The largest absolute Gasteiger partial charge is 0.478 e. The first-order chi connectivity index (χ1) is 9.54. The summed E-state index contributed by atoms with van der Waals surface area (Å²) in [7, 11) is 1.57. The van der Waals surface area contributed by atoms with Gasteiger partial charge in [-0.2, -0.15) is 0 Å². The number of ether oxygens (including phenoxy) is 1. The van der Waals surface area contributed by atoms with Crippen molar-refractivity contribution < 1.29 is 19.4 Å². The Kier molecular flexibility index (Phi) is 6.52. The number of carboxylic acids is 1. The molecule has 0 heterocycles. The van der Waals surface area contributed by atoms with Gasteiger partial charge in [0.25, 0.3) is 0 Å². The predicted molar refractivity (Wildman–Crippen MR) is 75.0 cm³/mol. The highest BCUT2D eigenvalue weighted by Crippen LogP contribution is 2.08. The van der Waals surface area contributed by atoms with Crippen LogP contribution in [-0.4, -0.2) is 43.4 Å². The fourth-order valence-electron chi connectivity index (χ4n) is 1.82. The monoisotopic (exact) mass is 280 g/mol. The lowest BCUT2D eigenvalue weighted by Crippen LogP contribution is -2.43. The summed E-state index contributed by atoms with van der Waals surface area (Å²) < 4.78 is 4.91. The van der Waals surface area contributed by atoms with Crippen molar-refractivity contribution in [2.24, 2.45) is 0 Å². The van der Waals surface area contributed by atoms with E-state index in [4.69, 9.17) is 9.84 Å². The van der Waals surface area contributed by atoms with Crippen LogP contribution >= 0.6 is 0 Å². The molecule has 1 atom stereocenters. The Bertz CT molecular complexity index is 462. The van der Waals surface area contributed by atoms with Crippen LogP contribution in [0, 0.1) is 0 Å². The van der Waals surface area contributed by atoms with Crippen LogP contribution in [0.2, 0.25) is 0 Å². The number of hydrogen-bond acceptors (Lipinski definition) is 3. The third kappa shape index (κ3) is 5.27. The maximum Gasteiger partial charge on any atom is 0.335 e. The highest BCUT2D eigenvalue weighted by Gasteiger charge is 2.10. The smallest absolute Gasteiger partial charge is 0.335 e. The van der Waals surface area contributed by atoms with Gasteiger partial charge < -0.3 is 20.5 Å². The molecule has 0 spiro atoms. The van der Waals surface area contributed by atoms with Gasteiger partial charge in [-0.25, -0.2) is 9.59 Å². The number of benzene rings is 1. The second-order valence-corrected chi connectivity index (χ2v) is 4.47. The van der Waals surface area contributed by atoms with Crippen molar-refractivity contribution in [1.29, 1.82) is 0 Å². The number of methoxy groups -OCH3 is 1. The Morgan fingerprint density at radius 1 is 1.35 bits per heavy atom. The van der Waals surface area contributed by atoms with Crippen LogP contribution in [0.4, 0.5) is 4.79 Å². The summed E-state index contributed by atoms with van der Waals surface area (Å²) >= 11 is 0. The molecular formula is C14H20N2O4. The second-order valence-electron chi connectivity index (χ2n) is 4.47. The molecule has 1 unspecified atom stereocenters. The maximum absolute atomic E-state index is 11.5. The minimum Gasteiger partial charge on any atom is -0.478 e. The van der Waals surface area contributed by atoms with E-state index in [1.165, 1.54) is 0 Å². The molecule has 0 fully saturated rings. The van der Waals surface area contributed by atoms with Crippen molar-refractivity contribution in [3.63, 3.8) is 0 Å². The number of aromatic carboxylic acids is 1. The minimum absolute atomic E-state index is 0.0775. The van der Waals surface area contributed by atoms with Gasteiger partial charge in [0.2, 0.25) is 0 Å². The Morgan fingerprint density at radius 2 is 2.05 bits per heavy atom. The van der Waals surface area contributed by atoms with Gasteiger partial charge in [-0.1, -0.05) is 18.2 Å². The predicted octanol–water partition coefficient (Wildman–Crippen LogP) is 1.26. The molecule has 0 saturated carbocycles. The van der Waals surface area contributed by atoms with E-state index in [0.717, 1.165) is 0 Å². The summed E-state index contributed by atoms with van der Waals surface area (Å²) in [5, 5.41) is 14.4.